The van der Waals surface area contributed by atoms with Gasteiger partial charge in [0.05, 0.1) is 6.04 Å². The monoisotopic (exact) mass is 331 g/mol. The smallest absolute Gasteiger partial charge is 0.315 e. The zero-order valence-electron chi connectivity index (χ0n) is 12.6. The second kappa shape index (κ2) is 7.46. The van der Waals surface area contributed by atoms with Crippen molar-refractivity contribution in [1.82, 2.24) is 15.6 Å². The molecule has 3 rings (SSSR count). The Morgan fingerprint density at radius 2 is 2.30 bits per heavy atom. The Kier molecular flexibility index (Phi) is 5.12. The minimum atomic E-state index is -0.268. The second-order valence-corrected chi connectivity index (χ2v) is 6.52. The fourth-order valence-corrected chi connectivity index (χ4v) is 3.70. The first kappa shape index (κ1) is 15.8. The number of halogens is 1. The van der Waals surface area contributed by atoms with Gasteiger partial charge in [0.15, 0.2) is 0 Å². The van der Waals surface area contributed by atoms with Crippen LogP contribution in [0.2, 0.25) is 0 Å². The van der Waals surface area contributed by atoms with E-state index in [1.54, 1.807) is 30.2 Å². The molecule has 1 aliphatic rings. The third-order valence-electron chi connectivity index (χ3n) is 3.74. The molecule has 0 bridgehead atoms. The molecule has 0 aliphatic carbocycles. The Labute approximate surface area is 138 Å². The molecule has 1 aromatic heterocycles. The van der Waals surface area contributed by atoms with E-state index >= 15 is 0 Å². The van der Waals surface area contributed by atoms with Crippen LogP contribution in [-0.2, 0) is 6.42 Å². The maximum Gasteiger partial charge on any atom is 0.315 e. The molecule has 1 unspecified atom stereocenters. The summed E-state index contributed by atoms with van der Waals surface area (Å²) < 4.78 is 13.5. The van der Waals surface area contributed by atoms with Gasteiger partial charge in [0.25, 0.3) is 0 Å². The molecular formula is C17H18FN3OS. The first-order valence-corrected chi connectivity index (χ1v) is 8.56. The average Bonchev–Trinajstić information content (AvgIpc) is 2.56. The van der Waals surface area contributed by atoms with Gasteiger partial charge < -0.3 is 10.6 Å². The lowest BCUT2D eigenvalue weighted by atomic mass is 10.0. The van der Waals surface area contributed by atoms with Gasteiger partial charge in [0.1, 0.15) is 5.82 Å². The molecule has 2 aromatic rings. The molecule has 0 saturated heterocycles. The Bertz CT molecular complexity index is 681. The van der Waals surface area contributed by atoms with E-state index in [0.29, 0.717) is 6.54 Å². The quantitative estimate of drug-likeness (QED) is 0.904. The van der Waals surface area contributed by atoms with Crippen molar-refractivity contribution in [2.45, 2.75) is 23.8 Å². The van der Waals surface area contributed by atoms with Crippen LogP contribution in [0.4, 0.5) is 9.18 Å². The molecule has 1 aliphatic heterocycles. The number of rotatable bonds is 4. The Morgan fingerprint density at radius 1 is 1.39 bits per heavy atom. The van der Waals surface area contributed by atoms with Gasteiger partial charge in [-0.25, -0.2) is 9.18 Å². The zero-order chi connectivity index (χ0) is 16.1. The first-order valence-electron chi connectivity index (χ1n) is 7.58. The first-order chi connectivity index (χ1) is 11.2. The number of carbonyl (C=O) groups is 1. The summed E-state index contributed by atoms with van der Waals surface area (Å²) >= 11 is 1.70. The molecule has 0 radical (unpaired) electrons. The highest BCUT2D eigenvalue weighted by atomic mass is 32.2. The normalized spacial score (nSPS) is 16.5. The summed E-state index contributed by atoms with van der Waals surface area (Å²) in [5, 5.41) is 5.79. The number of hydrogen-bond acceptors (Lipinski definition) is 3. The fourth-order valence-electron chi connectivity index (χ4n) is 2.59. The van der Waals surface area contributed by atoms with Crippen LogP contribution >= 0.6 is 11.8 Å². The minimum Gasteiger partial charge on any atom is -0.338 e. The van der Waals surface area contributed by atoms with Crippen LogP contribution in [0.5, 0.6) is 0 Å². The molecule has 1 atom stereocenters. The third kappa shape index (κ3) is 4.22. The summed E-state index contributed by atoms with van der Waals surface area (Å²) in [6.45, 7) is 0.537. The maximum atomic E-state index is 13.5. The fraction of sp³-hybridized carbons (Fsp3) is 0.294. The second-order valence-electron chi connectivity index (χ2n) is 5.38. The number of nitrogens with zero attached hydrogens (tertiary/aromatic N) is 1. The van der Waals surface area contributed by atoms with Crippen LogP contribution < -0.4 is 10.6 Å². The molecule has 4 nitrogen and oxygen atoms in total. The van der Waals surface area contributed by atoms with Crippen molar-refractivity contribution in [2.75, 3.05) is 12.3 Å². The molecule has 23 heavy (non-hydrogen) atoms. The number of urea groups is 1. The number of amides is 2. The topological polar surface area (TPSA) is 54.0 Å². The number of carbonyl (C=O) groups excluding carboxylic acids is 1. The lowest BCUT2D eigenvalue weighted by Crippen LogP contribution is -2.39. The highest BCUT2D eigenvalue weighted by Gasteiger charge is 2.22. The van der Waals surface area contributed by atoms with Crippen LogP contribution in [0.15, 0.2) is 47.6 Å². The summed E-state index contributed by atoms with van der Waals surface area (Å²) in [4.78, 5) is 17.1. The number of benzene rings is 1. The summed E-state index contributed by atoms with van der Waals surface area (Å²) in [5.41, 5.74) is 1.94. The number of pyridine rings is 1. The van der Waals surface area contributed by atoms with Gasteiger partial charge in [-0.15, -0.1) is 11.8 Å². The molecular weight excluding hydrogens is 313 g/mol. The van der Waals surface area contributed by atoms with E-state index in [4.69, 9.17) is 0 Å². The molecule has 120 valence electrons. The SMILES string of the molecule is O=C(NCCc1cccnc1)NC1CCSc2ccc(F)cc21. The van der Waals surface area contributed by atoms with E-state index in [1.165, 1.54) is 12.1 Å². The van der Waals surface area contributed by atoms with Gasteiger partial charge in [0.2, 0.25) is 0 Å². The van der Waals surface area contributed by atoms with Crippen LogP contribution in [-0.4, -0.2) is 23.3 Å². The number of fused-ring (bicyclic) bond motifs is 1. The highest BCUT2D eigenvalue weighted by Crippen LogP contribution is 2.36. The molecule has 0 saturated carbocycles. The largest absolute Gasteiger partial charge is 0.338 e. The number of hydrogen-bond donors (Lipinski definition) is 2. The zero-order valence-corrected chi connectivity index (χ0v) is 13.4. The van der Waals surface area contributed by atoms with Crippen molar-refractivity contribution >= 4 is 17.8 Å². The van der Waals surface area contributed by atoms with Gasteiger partial charge >= 0.3 is 6.03 Å². The maximum absolute atomic E-state index is 13.5. The number of nitrogens with one attached hydrogen (secondary N) is 2. The molecule has 2 N–H and O–H groups in total. The van der Waals surface area contributed by atoms with Gasteiger partial charge in [-0.2, -0.15) is 0 Å². The van der Waals surface area contributed by atoms with E-state index in [2.05, 4.69) is 15.6 Å². The van der Waals surface area contributed by atoms with E-state index in [1.807, 2.05) is 12.1 Å². The molecule has 2 amide bonds. The van der Waals surface area contributed by atoms with Gasteiger partial charge in [0, 0.05) is 29.6 Å². The van der Waals surface area contributed by atoms with Crippen molar-refractivity contribution in [3.63, 3.8) is 0 Å². The molecule has 0 spiro atoms. The third-order valence-corrected chi connectivity index (χ3v) is 4.86. The Balaban J connectivity index is 1.54. The summed E-state index contributed by atoms with van der Waals surface area (Å²) in [6, 6.07) is 8.25. The van der Waals surface area contributed by atoms with E-state index in [-0.39, 0.29) is 17.9 Å². The minimum absolute atomic E-state index is 0.139. The van der Waals surface area contributed by atoms with Crippen LogP contribution in [0, 0.1) is 5.82 Å². The van der Waals surface area contributed by atoms with E-state index in [9.17, 15) is 9.18 Å². The summed E-state index contributed by atoms with van der Waals surface area (Å²) in [5.74, 6) is 0.647. The van der Waals surface area contributed by atoms with Crippen LogP contribution in [0.3, 0.4) is 0 Å². The Hall–Kier alpha value is -2.08. The van der Waals surface area contributed by atoms with Crippen molar-refractivity contribution in [1.29, 1.82) is 0 Å². The van der Waals surface area contributed by atoms with Crippen LogP contribution in [0.25, 0.3) is 0 Å². The highest BCUT2D eigenvalue weighted by molar-refractivity contribution is 7.99. The lowest BCUT2D eigenvalue weighted by Gasteiger charge is -2.26. The van der Waals surface area contributed by atoms with E-state index in [0.717, 1.165) is 34.6 Å². The lowest BCUT2D eigenvalue weighted by molar-refractivity contribution is 0.236. The van der Waals surface area contributed by atoms with Gasteiger partial charge in [-0.05, 0) is 48.2 Å². The summed E-state index contributed by atoms with van der Waals surface area (Å²) in [7, 11) is 0. The number of aromatic nitrogens is 1. The predicted octanol–water partition coefficient (Wildman–Crippen LogP) is 3.30. The number of thioether (sulfide) groups is 1. The Morgan fingerprint density at radius 3 is 3.13 bits per heavy atom. The summed E-state index contributed by atoms with van der Waals surface area (Å²) in [6.07, 6.45) is 5.04. The van der Waals surface area contributed by atoms with Crippen molar-refractivity contribution in [3.8, 4) is 0 Å². The molecule has 1 aromatic carbocycles. The average molecular weight is 331 g/mol. The van der Waals surface area contributed by atoms with Crippen molar-refractivity contribution < 1.29 is 9.18 Å². The standard InChI is InChI=1S/C17H18FN3OS/c18-13-3-4-16-14(10-13)15(6-9-23-16)21-17(22)20-8-5-12-2-1-7-19-11-12/h1-4,7,10-11,15H,5-6,8-9H2,(H2,20,21,22). The van der Waals surface area contributed by atoms with Crippen molar-refractivity contribution in [3.05, 3.63) is 59.7 Å². The van der Waals surface area contributed by atoms with Gasteiger partial charge in [-0.3, -0.25) is 4.98 Å². The molecule has 6 heteroatoms. The van der Waals surface area contributed by atoms with Crippen LogP contribution in [0.1, 0.15) is 23.6 Å². The molecule has 0 fully saturated rings. The van der Waals surface area contributed by atoms with E-state index < -0.39 is 0 Å². The van der Waals surface area contributed by atoms with Gasteiger partial charge in [-0.1, -0.05) is 6.07 Å². The molecule has 2 heterocycles. The van der Waals surface area contributed by atoms with Crippen molar-refractivity contribution in [2.24, 2.45) is 0 Å². The predicted molar refractivity (Wildman–Crippen MR) is 89.0 cm³/mol.